The van der Waals surface area contributed by atoms with Gasteiger partial charge in [-0.2, -0.15) is 0 Å². The summed E-state index contributed by atoms with van der Waals surface area (Å²) in [5.41, 5.74) is -0.735. The summed E-state index contributed by atoms with van der Waals surface area (Å²) in [5, 5.41) is 21.3. The van der Waals surface area contributed by atoms with E-state index in [1.165, 1.54) is 0 Å². The lowest BCUT2D eigenvalue weighted by Crippen LogP contribution is -2.42. The van der Waals surface area contributed by atoms with Gasteiger partial charge >= 0.3 is 5.97 Å². The highest BCUT2D eigenvalue weighted by Gasteiger charge is 2.19. The maximum absolute atomic E-state index is 10.4. The van der Waals surface area contributed by atoms with Crippen LogP contribution in [-0.4, -0.2) is 34.4 Å². The van der Waals surface area contributed by atoms with Crippen LogP contribution in [0, 0.1) is 0 Å². The third kappa shape index (κ3) is 6.86. The minimum Gasteiger partial charge on any atom is -0.481 e. The van der Waals surface area contributed by atoms with E-state index >= 15 is 0 Å². The largest absolute Gasteiger partial charge is 0.481 e. The predicted molar refractivity (Wildman–Crippen MR) is 55.2 cm³/mol. The van der Waals surface area contributed by atoms with Crippen molar-refractivity contribution in [2.24, 2.45) is 0 Å². The summed E-state index contributed by atoms with van der Waals surface area (Å²) in [4.78, 5) is 10.4. The van der Waals surface area contributed by atoms with Crippen LogP contribution < -0.4 is 5.32 Å². The Morgan fingerprint density at radius 2 is 2.14 bits per heavy atom. The Bertz CT molecular complexity index is 180. The highest BCUT2D eigenvalue weighted by Crippen LogP contribution is 2.10. The van der Waals surface area contributed by atoms with Crippen molar-refractivity contribution >= 4 is 5.97 Å². The SMILES string of the molecule is CCCC(C)(O)CNC(C)CC(=O)O. The van der Waals surface area contributed by atoms with Crippen molar-refractivity contribution in [2.45, 2.75) is 51.7 Å². The first-order valence-corrected chi connectivity index (χ1v) is 5.05. The zero-order valence-corrected chi connectivity index (χ0v) is 9.21. The Morgan fingerprint density at radius 3 is 2.57 bits per heavy atom. The summed E-state index contributed by atoms with van der Waals surface area (Å²) in [6.45, 7) is 6.01. The molecule has 4 nitrogen and oxygen atoms in total. The van der Waals surface area contributed by atoms with Gasteiger partial charge in [-0.05, 0) is 20.3 Å². The summed E-state index contributed by atoms with van der Waals surface area (Å²) in [6.07, 6.45) is 1.73. The summed E-state index contributed by atoms with van der Waals surface area (Å²) < 4.78 is 0. The lowest BCUT2D eigenvalue weighted by Gasteiger charge is -2.25. The van der Waals surface area contributed by atoms with Crippen LogP contribution in [0.5, 0.6) is 0 Å². The number of rotatable bonds is 7. The number of carboxylic acids is 1. The maximum Gasteiger partial charge on any atom is 0.304 e. The van der Waals surface area contributed by atoms with E-state index in [9.17, 15) is 9.90 Å². The van der Waals surface area contributed by atoms with Crippen molar-refractivity contribution in [3.8, 4) is 0 Å². The number of hydrogen-bond acceptors (Lipinski definition) is 3. The molecule has 0 aromatic rings. The number of aliphatic carboxylic acids is 1. The van der Waals surface area contributed by atoms with E-state index in [0.717, 1.165) is 12.8 Å². The van der Waals surface area contributed by atoms with Gasteiger partial charge in [0.25, 0.3) is 0 Å². The van der Waals surface area contributed by atoms with E-state index in [4.69, 9.17) is 5.11 Å². The second kappa shape index (κ2) is 5.98. The van der Waals surface area contributed by atoms with Crippen LogP contribution in [0.15, 0.2) is 0 Å². The molecule has 0 fully saturated rings. The van der Waals surface area contributed by atoms with Crippen LogP contribution >= 0.6 is 0 Å². The van der Waals surface area contributed by atoms with Gasteiger partial charge in [0, 0.05) is 12.6 Å². The second-order valence-electron chi connectivity index (χ2n) is 4.13. The molecule has 0 radical (unpaired) electrons. The third-order valence-electron chi connectivity index (χ3n) is 2.10. The Hall–Kier alpha value is -0.610. The Morgan fingerprint density at radius 1 is 1.57 bits per heavy atom. The molecule has 0 aliphatic rings. The molecule has 0 heterocycles. The molecule has 3 N–H and O–H groups in total. The monoisotopic (exact) mass is 203 g/mol. The van der Waals surface area contributed by atoms with Gasteiger partial charge in [0.2, 0.25) is 0 Å². The summed E-state index contributed by atoms with van der Waals surface area (Å²) in [6, 6.07) is -0.101. The topological polar surface area (TPSA) is 69.6 Å². The van der Waals surface area contributed by atoms with Crippen molar-refractivity contribution in [1.29, 1.82) is 0 Å². The van der Waals surface area contributed by atoms with E-state index in [2.05, 4.69) is 5.32 Å². The molecule has 2 atom stereocenters. The van der Waals surface area contributed by atoms with Gasteiger partial charge in [-0.15, -0.1) is 0 Å². The molecule has 0 aromatic carbocycles. The van der Waals surface area contributed by atoms with Crippen LogP contribution in [0.1, 0.15) is 40.0 Å². The van der Waals surface area contributed by atoms with Crippen molar-refractivity contribution < 1.29 is 15.0 Å². The molecule has 2 unspecified atom stereocenters. The Labute approximate surface area is 85.3 Å². The van der Waals surface area contributed by atoms with Gasteiger partial charge in [0.1, 0.15) is 0 Å². The number of carbonyl (C=O) groups is 1. The quantitative estimate of drug-likeness (QED) is 0.577. The smallest absolute Gasteiger partial charge is 0.304 e. The van der Waals surface area contributed by atoms with E-state index in [1.807, 2.05) is 6.92 Å². The molecule has 84 valence electrons. The molecular formula is C10H21NO3. The lowest BCUT2D eigenvalue weighted by molar-refractivity contribution is -0.137. The van der Waals surface area contributed by atoms with Gasteiger partial charge in [0.05, 0.1) is 12.0 Å². The molecule has 0 aromatic heterocycles. The highest BCUT2D eigenvalue weighted by molar-refractivity contribution is 5.67. The summed E-state index contributed by atoms with van der Waals surface area (Å²) >= 11 is 0. The number of nitrogens with one attached hydrogen (secondary N) is 1. The fourth-order valence-electron chi connectivity index (χ4n) is 1.36. The highest BCUT2D eigenvalue weighted by atomic mass is 16.4. The molecule has 0 rings (SSSR count). The normalized spacial score (nSPS) is 17.4. The average Bonchev–Trinajstić information content (AvgIpc) is 2.00. The van der Waals surface area contributed by atoms with Crippen LogP contribution in [0.2, 0.25) is 0 Å². The molecule has 0 saturated carbocycles. The molecule has 0 aliphatic heterocycles. The minimum absolute atomic E-state index is 0.0855. The van der Waals surface area contributed by atoms with Crippen molar-refractivity contribution in [3.63, 3.8) is 0 Å². The first kappa shape index (κ1) is 13.4. The van der Waals surface area contributed by atoms with Gasteiger partial charge in [-0.25, -0.2) is 0 Å². The zero-order valence-electron chi connectivity index (χ0n) is 9.21. The van der Waals surface area contributed by atoms with Crippen LogP contribution in [0.25, 0.3) is 0 Å². The predicted octanol–water partition coefficient (Wildman–Crippen LogP) is 0.990. The van der Waals surface area contributed by atoms with Crippen molar-refractivity contribution in [2.75, 3.05) is 6.54 Å². The van der Waals surface area contributed by atoms with E-state index in [-0.39, 0.29) is 12.5 Å². The molecule has 0 bridgehead atoms. The number of hydrogen-bond donors (Lipinski definition) is 3. The lowest BCUT2D eigenvalue weighted by atomic mass is 10.0. The average molecular weight is 203 g/mol. The summed E-state index contributed by atoms with van der Waals surface area (Å²) in [5.74, 6) is -0.819. The Balaban J connectivity index is 3.75. The van der Waals surface area contributed by atoms with Crippen molar-refractivity contribution in [1.82, 2.24) is 5.32 Å². The van der Waals surface area contributed by atoms with Gasteiger partial charge in [-0.1, -0.05) is 13.3 Å². The fraction of sp³-hybridized carbons (Fsp3) is 0.900. The molecule has 0 saturated heterocycles. The minimum atomic E-state index is -0.819. The number of aliphatic hydroxyl groups is 1. The van der Waals surface area contributed by atoms with E-state index in [1.54, 1.807) is 13.8 Å². The first-order valence-electron chi connectivity index (χ1n) is 5.05. The van der Waals surface area contributed by atoms with Crippen LogP contribution in [-0.2, 0) is 4.79 Å². The molecule has 14 heavy (non-hydrogen) atoms. The maximum atomic E-state index is 10.4. The molecule has 0 spiro atoms. The fourth-order valence-corrected chi connectivity index (χ4v) is 1.36. The summed E-state index contributed by atoms with van der Waals surface area (Å²) in [7, 11) is 0. The van der Waals surface area contributed by atoms with Gasteiger partial charge < -0.3 is 15.5 Å². The zero-order chi connectivity index (χ0) is 11.2. The van der Waals surface area contributed by atoms with Crippen LogP contribution in [0.3, 0.4) is 0 Å². The molecular weight excluding hydrogens is 182 g/mol. The van der Waals surface area contributed by atoms with Crippen LogP contribution in [0.4, 0.5) is 0 Å². The van der Waals surface area contributed by atoms with Crippen molar-refractivity contribution in [3.05, 3.63) is 0 Å². The van der Waals surface area contributed by atoms with E-state index in [0.29, 0.717) is 6.54 Å². The van der Waals surface area contributed by atoms with E-state index < -0.39 is 11.6 Å². The first-order chi connectivity index (χ1) is 6.37. The van der Waals surface area contributed by atoms with Gasteiger partial charge in [0.15, 0.2) is 0 Å². The standard InChI is InChI=1S/C10H21NO3/c1-4-5-10(3,14)7-11-8(2)6-9(12)13/h8,11,14H,4-7H2,1-3H3,(H,12,13). The molecule has 0 amide bonds. The number of carboxylic acid groups (broad SMARTS) is 1. The molecule has 0 aliphatic carbocycles. The third-order valence-corrected chi connectivity index (χ3v) is 2.10. The second-order valence-corrected chi connectivity index (χ2v) is 4.13. The van der Waals surface area contributed by atoms with Gasteiger partial charge in [-0.3, -0.25) is 4.79 Å². The Kier molecular flexibility index (Phi) is 5.72. The molecule has 4 heteroatoms.